The largest absolute Gasteiger partial charge is 0.337 e. The van der Waals surface area contributed by atoms with Crippen LogP contribution in [0.4, 0.5) is 0 Å². The van der Waals surface area contributed by atoms with Crippen molar-refractivity contribution in [2.45, 2.75) is 26.7 Å². The summed E-state index contributed by atoms with van der Waals surface area (Å²) >= 11 is 1.51. The topological polar surface area (TPSA) is 50.5 Å². The van der Waals surface area contributed by atoms with Crippen LogP contribution in [0.25, 0.3) is 4.96 Å². The summed E-state index contributed by atoms with van der Waals surface area (Å²) in [5, 5.41) is 5.24. The van der Waals surface area contributed by atoms with E-state index in [4.69, 9.17) is 0 Å². The van der Waals surface area contributed by atoms with E-state index in [1.165, 1.54) is 17.8 Å². The quantitative estimate of drug-likeness (QED) is 0.791. The van der Waals surface area contributed by atoms with Crippen LogP contribution in [0.3, 0.4) is 0 Å². The fourth-order valence-electron chi connectivity index (χ4n) is 2.44. The fraction of sp³-hybridized carbons (Fsp3) is 0.583. The minimum atomic E-state index is 0.0388. The second-order valence-corrected chi connectivity index (χ2v) is 6.13. The van der Waals surface area contributed by atoms with E-state index >= 15 is 0 Å². The zero-order chi connectivity index (χ0) is 12.7. The van der Waals surface area contributed by atoms with Crippen molar-refractivity contribution in [2.75, 3.05) is 13.1 Å². The zero-order valence-electron chi connectivity index (χ0n) is 10.6. The van der Waals surface area contributed by atoms with Gasteiger partial charge in [-0.3, -0.25) is 4.79 Å². The molecule has 0 N–H and O–H groups in total. The third-order valence-corrected chi connectivity index (χ3v) is 4.15. The molecule has 3 heterocycles. The molecule has 0 bridgehead atoms. The van der Waals surface area contributed by atoms with E-state index < -0.39 is 0 Å². The van der Waals surface area contributed by atoms with Crippen molar-refractivity contribution in [3.63, 3.8) is 0 Å². The van der Waals surface area contributed by atoms with Gasteiger partial charge in [-0.15, -0.1) is 0 Å². The highest BCUT2D eigenvalue weighted by molar-refractivity contribution is 7.16. The van der Waals surface area contributed by atoms with Gasteiger partial charge in [-0.2, -0.15) is 5.10 Å². The summed E-state index contributed by atoms with van der Waals surface area (Å²) in [7, 11) is 0. The Morgan fingerprint density at radius 1 is 1.56 bits per heavy atom. The number of aromatic nitrogens is 3. The molecule has 1 unspecified atom stereocenters. The molecule has 2 aromatic rings. The summed E-state index contributed by atoms with van der Waals surface area (Å²) in [6.45, 7) is 5.82. The highest BCUT2D eigenvalue weighted by Gasteiger charge is 2.24. The van der Waals surface area contributed by atoms with Gasteiger partial charge in [-0.05, 0) is 25.7 Å². The first-order valence-electron chi connectivity index (χ1n) is 6.25. The normalized spacial score (nSPS) is 20.6. The fourth-order valence-corrected chi connectivity index (χ4v) is 3.16. The molecule has 1 aliphatic rings. The number of piperidine rings is 1. The monoisotopic (exact) mass is 264 g/mol. The number of aryl methyl sites for hydroxylation is 1. The van der Waals surface area contributed by atoms with Crippen LogP contribution in [0, 0.1) is 12.8 Å². The van der Waals surface area contributed by atoms with E-state index in [1.807, 2.05) is 11.8 Å². The van der Waals surface area contributed by atoms with Crippen LogP contribution in [0.5, 0.6) is 0 Å². The maximum atomic E-state index is 12.3. The standard InChI is InChI=1S/C12H16N4OS/c1-8-4-3-5-15(6-8)11(17)10-7-16-12(13-10)18-9(2)14-16/h7-8H,3-6H2,1-2H3. The summed E-state index contributed by atoms with van der Waals surface area (Å²) in [5.41, 5.74) is 0.517. The molecule has 0 saturated carbocycles. The highest BCUT2D eigenvalue weighted by atomic mass is 32.1. The Hall–Kier alpha value is -1.43. The van der Waals surface area contributed by atoms with Crippen molar-refractivity contribution in [3.8, 4) is 0 Å². The van der Waals surface area contributed by atoms with E-state index in [9.17, 15) is 4.79 Å². The molecule has 1 atom stereocenters. The minimum Gasteiger partial charge on any atom is -0.337 e. The molecular formula is C12H16N4OS. The second kappa shape index (κ2) is 4.35. The Bertz CT molecular complexity index is 556. The van der Waals surface area contributed by atoms with Crippen LogP contribution < -0.4 is 0 Å². The number of nitrogens with zero attached hydrogens (tertiary/aromatic N) is 4. The van der Waals surface area contributed by atoms with Gasteiger partial charge in [-0.1, -0.05) is 18.3 Å². The molecule has 1 fully saturated rings. The van der Waals surface area contributed by atoms with Crippen LogP contribution >= 0.6 is 11.3 Å². The van der Waals surface area contributed by atoms with Crippen molar-refractivity contribution in [1.82, 2.24) is 19.5 Å². The first-order chi connectivity index (χ1) is 8.63. The molecule has 1 saturated heterocycles. The molecule has 5 nitrogen and oxygen atoms in total. The summed E-state index contributed by atoms with van der Waals surface area (Å²) in [4.78, 5) is 19.4. The van der Waals surface area contributed by atoms with Crippen LogP contribution in [0.2, 0.25) is 0 Å². The van der Waals surface area contributed by atoms with E-state index in [2.05, 4.69) is 17.0 Å². The van der Waals surface area contributed by atoms with Gasteiger partial charge >= 0.3 is 0 Å². The Morgan fingerprint density at radius 3 is 3.11 bits per heavy atom. The summed E-state index contributed by atoms with van der Waals surface area (Å²) in [6, 6.07) is 0. The van der Waals surface area contributed by atoms with Crippen LogP contribution in [0.15, 0.2) is 6.20 Å². The predicted octanol–water partition coefficient (Wildman–Crippen LogP) is 1.97. The Morgan fingerprint density at radius 2 is 2.39 bits per heavy atom. The number of carbonyl (C=O) groups excluding carboxylic acids is 1. The van der Waals surface area contributed by atoms with Crippen molar-refractivity contribution in [2.24, 2.45) is 5.92 Å². The van der Waals surface area contributed by atoms with Gasteiger partial charge in [0, 0.05) is 13.1 Å². The van der Waals surface area contributed by atoms with Crippen molar-refractivity contribution < 1.29 is 4.79 Å². The van der Waals surface area contributed by atoms with E-state index in [1.54, 1.807) is 10.7 Å². The van der Waals surface area contributed by atoms with Gasteiger partial charge in [0.1, 0.15) is 10.7 Å². The van der Waals surface area contributed by atoms with Crippen molar-refractivity contribution in [3.05, 3.63) is 16.9 Å². The summed E-state index contributed by atoms with van der Waals surface area (Å²) in [5.74, 6) is 0.628. The van der Waals surface area contributed by atoms with Crippen molar-refractivity contribution in [1.29, 1.82) is 0 Å². The number of likely N-dealkylation sites (tertiary alicyclic amines) is 1. The number of amides is 1. The lowest BCUT2D eigenvalue weighted by molar-refractivity contribution is 0.0677. The average molecular weight is 264 g/mol. The van der Waals surface area contributed by atoms with Crippen LogP contribution in [-0.4, -0.2) is 38.5 Å². The molecule has 0 spiro atoms. The second-order valence-electron chi connectivity index (χ2n) is 4.97. The zero-order valence-corrected chi connectivity index (χ0v) is 11.4. The van der Waals surface area contributed by atoms with E-state index in [0.717, 1.165) is 29.5 Å². The molecule has 6 heteroatoms. The van der Waals surface area contributed by atoms with Gasteiger partial charge in [0.2, 0.25) is 4.96 Å². The number of carbonyl (C=O) groups is 1. The Balaban J connectivity index is 1.84. The lowest BCUT2D eigenvalue weighted by Gasteiger charge is -2.30. The predicted molar refractivity (Wildman–Crippen MR) is 69.9 cm³/mol. The maximum Gasteiger partial charge on any atom is 0.274 e. The molecule has 0 aromatic carbocycles. The van der Waals surface area contributed by atoms with Gasteiger partial charge < -0.3 is 4.90 Å². The molecule has 18 heavy (non-hydrogen) atoms. The number of hydrogen-bond donors (Lipinski definition) is 0. The smallest absolute Gasteiger partial charge is 0.274 e. The lowest BCUT2D eigenvalue weighted by atomic mass is 10.0. The van der Waals surface area contributed by atoms with Crippen LogP contribution in [0.1, 0.15) is 35.3 Å². The SMILES string of the molecule is Cc1nn2cc(C(=O)N3CCCC(C)C3)nc2s1. The van der Waals surface area contributed by atoms with E-state index in [0.29, 0.717) is 11.6 Å². The first kappa shape index (κ1) is 11.6. The molecule has 96 valence electrons. The van der Waals surface area contributed by atoms with E-state index in [-0.39, 0.29) is 5.91 Å². The number of fused-ring (bicyclic) bond motifs is 1. The number of imidazole rings is 1. The molecule has 3 rings (SSSR count). The average Bonchev–Trinajstić information content (AvgIpc) is 2.85. The van der Waals surface area contributed by atoms with Gasteiger partial charge in [0.25, 0.3) is 5.91 Å². The lowest BCUT2D eigenvalue weighted by Crippen LogP contribution is -2.39. The molecule has 1 amide bonds. The summed E-state index contributed by atoms with van der Waals surface area (Å²) < 4.78 is 1.70. The van der Waals surface area contributed by atoms with Gasteiger partial charge in [0.15, 0.2) is 0 Å². The van der Waals surface area contributed by atoms with Crippen molar-refractivity contribution >= 4 is 22.2 Å². The minimum absolute atomic E-state index is 0.0388. The Labute approximate surface area is 109 Å². The maximum absolute atomic E-state index is 12.3. The molecule has 0 aliphatic carbocycles. The molecule has 1 aliphatic heterocycles. The number of hydrogen-bond acceptors (Lipinski definition) is 4. The summed E-state index contributed by atoms with van der Waals surface area (Å²) in [6.07, 6.45) is 4.04. The third kappa shape index (κ3) is 2.01. The van der Waals surface area contributed by atoms with Gasteiger partial charge in [-0.25, -0.2) is 9.50 Å². The third-order valence-electron chi connectivity index (χ3n) is 3.31. The highest BCUT2D eigenvalue weighted by Crippen LogP contribution is 2.19. The molecular weight excluding hydrogens is 248 g/mol. The van der Waals surface area contributed by atoms with Gasteiger partial charge in [0.05, 0.1) is 6.20 Å². The molecule has 0 radical (unpaired) electrons. The Kier molecular flexibility index (Phi) is 2.81. The molecule has 2 aromatic heterocycles. The van der Waals surface area contributed by atoms with Crippen LogP contribution in [-0.2, 0) is 0 Å². The number of rotatable bonds is 1. The first-order valence-corrected chi connectivity index (χ1v) is 7.07.